The summed E-state index contributed by atoms with van der Waals surface area (Å²) in [7, 11) is 3.79. The summed E-state index contributed by atoms with van der Waals surface area (Å²) in [5, 5.41) is 0. The van der Waals surface area contributed by atoms with E-state index >= 15 is 0 Å². The molecule has 1 amide bonds. The zero-order chi connectivity index (χ0) is 19.8. The number of aromatic nitrogens is 1. The number of nitrogens with zero attached hydrogens (tertiary/aromatic N) is 3. The minimum absolute atomic E-state index is 0.192. The number of cyclic esters (lactones) is 1. The van der Waals surface area contributed by atoms with Crippen molar-refractivity contribution >= 4 is 11.9 Å². The average Bonchev–Trinajstić information content (AvgIpc) is 2.88. The summed E-state index contributed by atoms with van der Waals surface area (Å²) in [6, 6.07) is 2.01. The highest BCUT2D eigenvalue weighted by Crippen LogP contribution is 2.43. The SMILES string of the molecule is CN(C)CC1CC2(CCN(C(=O)c3ncccc3C(F)(F)F)CC2)C(=O)O1. The summed E-state index contributed by atoms with van der Waals surface area (Å²) in [4.78, 5) is 31.9. The van der Waals surface area contributed by atoms with Crippen molar-refractivity contribution in [3.63, 3.8) is 0 Å². The van der Waals surface area contributed by atoms with E-state index in [-0.39, 0.29) is 25.2 Å². The molecule has 0 bridgehead atoms. The number of halogens is 3. The van der Waals surface area contributed by atoms with Crippen LogP contribution in [-0.4, -0.2) is 66.5 Å². The van der Waals surface area contributed by atoms with Gasteiger partial charge in [-0.05, 0) is 39.1 Å². The van der Waals surface area contributed by atoms with E-state index < -0.39 is 28.8 Å². The standard InChI is InChI=1S/C18H22F3N3O3/c1-23(2)11-12-10-17(16(26)27-12)5-8-24(9-6-17)15(25)14-13(18(19,20)21)4-3-7-22-14/h3-4,7,12H,5-6,8-11H2,1-2H3. The van der Waals surface area contributed by atoms with E-state index in [0.29, 0.717) is 25.8 Å². The first kappa shape index (κ1) is 19.6. The molecule has 1 unspecified atom stereocenters. The monoisotopic (exact) mass is 385 g/mol. The Kier molecular flexibility index (Phi) is 5.16. The van der Waals surface area contributed by atoms with Crippen LogP contribution >= 0.6 is 0 Å². The van der Waals surface area contributed by atoms with E-state index in [1.54, 1.807) is 0 Å². The number of likely N-dealkylation sites (tertiary alicyclic amines) is 1. The molecular formula is C18H22F3N3O3. The maximum Gasteiger partial charge on any atom is 0.418 e. The van der Waals surface area contributed by atoms with Gasteiger partial charge in [-0.1, -0.05) is 0 Å². The van der Waals surface area contributed by atoms with E-state index in [0.717, 1.165) is 12.1 Å². The summed E-state index contributed by atoms with van der Waals surface area (Å²) < 4.78 is 44.9. The number of hydrogen-bond acceptors (Lipinski definition) is 5. The highest BCUT2D eigenvalue weighted by Gasteiger charge is 2.51. The molecule has 0 N–H and O–H groups in total. The van der Waals surface area contributed by atoms with Crippen LogP contribution in [-0.2, 0) is 15.7 Å². The number of ether oxygens (including phenoxy) is 1. The van der Waals surface area contributed by atoms with E-state index in [4.69, 9.17) is 4.74 Å². The highest BCUT2D eigenvalue weighted by molar-refractivity contribution is 5.94. The fraction of sp³-hybridized carbons (Fsp3) is 0.611. The number of piperidine rings is 1. The van der Waals surface area contributed by atoms with Crippen molar-refractivity contribution in [2.24, 2.45) is 5.41 Å². The summed E-state index contributed by atoms with van der Waals surface area (Å²) in [6.07, 6.45) is -2.32. The Morgan fingerprint density at radius 2 is 2.04 bits per heavy atom. The number of rotatable bonds is 3. The number of alkyl halides is 3. The quantitative estimate of drug-likeness (QED) is 0.747. The fourth-order valence-electron chi connectivity index (χ4n) is 3.85. The molecule has 2 aliphatic heterocycles. The van der Waals surface area contributed by atoms with Crippen LogP contribution in [0.25, 0.3) is 0 Å². The van der Waals surface area contributed by atoms with Gasteiger partial charge in [-0.25, -0.2) is 0 Å². The molecular weight excluding hydrogens is 363 g/mol. The van der Waals surface area contributed by atoms with Gasteiger partial charge in [-0.15, -0.1) is 0 Å². The molecule has 1 aromatic heterocycles. The minimum Gasteiger partial charge on any atom is -0.461 e. The third kappa shape index (κ3) is 3.92. The van der Waals surface area contributed by atoms with Crippen LogP contribution in [0.5, 0.6) is 0 Å². The average molecular weight is 385 g/mol. The summed E-state index contributed by atoms with van der Waals surface area (Å²) in [5.74, 6) is -1.02. The van der Waals surface area contributed by atoms with Gasteiger partial charge in [-0.2, -0.15) is 13.2 Å². The first-order valence-corrected chi connectivity index (χ1v) is 8.80. The number of esters is 1. The molecule has 0 radical (unpaired) electrons. The molecule has 6 nitrogen and oxygen atoms in total. The lowest BCUT2D eigenvalue weighted by atomic mass is 9.76. The smallest absolute Gasteiger partial charge is 0.418 e. The molecule has 2 aliphatic rings. The van der Waals surface area contributed by atoms with Gasteiger partial charge in [0.05, 0.1) is 11.0 Å². The molecule has 1 atom stereocenters. The van der Waals surface area contributed by atoms with Crippen LogP contribution in [0.4, 0.5) is 13.2 Å². The van der Waals surface area contributed by atoms with Crippen LogP contribution in [0, 0.1) is 5.41 Å². The van der Waals surface area contributed by atoms with Gasteiger partial charge >= 0.3 is 12.1 Å². The van der Waals surface area contributed by atoms with Crippen molar-refractivity contribution in [2.75, 3.05) is 33.7 Å². The molecule has 9 heteroatoms. The van der Waals surface area contributed by atoms with E-state index in [2.05, 4.69) is 4.98 Å². The first-order chi connectivity index (χ1) is 12.6. The fourth-order valence-corrected chi connectivity index (χ4v) is 3.85. The van der Waals surface area contributed by atoms with Gasteiger partial charge in [0, 0.05) is 32.3 Å². The Labute approximate surface area is 155 Å². The molecule has 2 saturated heterocycles. The zero-order valence-corrected chi connectivity index (χ0v) is 15.3. The van der Waals surface area contributed by atoms with E-state index in [1.807, 2.05) is 19.0 Å². The normalized spacial score (nSPS) is 22.4. The van der Waals surface area contributed by atoms with Crippen molar-refractivity contribution < 1.29 is 27.5 Å². The van der Waals surface area contributed by atoms with Crippen molar-refractivity contribution in [3.8, 4) is 0 Å². The molecule has 3 rings (SSSR count). The second kappa shape index (κ2) is 7.10. The molecule has 148 valence electrons. The lowest BCUT2D eigenvalue weighted by Gasteiger charge is -2.36. The number of amides is 1. The molecule has 0 saturated carbocycles. The summed E-state index contributed by atoms with van der Waals surface area (Å²) >= 11 is 0. The molecule has 2 fully saturated rings. The lowest BCUT2D eigenvalue weighted by Crippen LogP contribution is -2.45. The maximum atomic E-state index is 13.1. The third-order valence-corrected chi connectivity index (χ3v) is 5.22. The zero-order valence-electron chi connectivity index (χ0n) is 15.3. The first-order valence-electron chi connectivity index (χ1n) is 8.80. The van der Waals surface area contributed by atoms with Crippen molar-refractivity contribution in [3.05, 3.63) is 29.6 Å². The van der Waals surface area contributed by atoms with Crippen LogP contribution < -0.4 is 0 Å². The number of carbonyl (C=O) groups excluding carboxylic acids is 2. The number of likely N-dealkylation sites (N-methyl/N-ethyl adjacent to an activating group) is 1. The Balaban J connectivity index is 1.70. The molecule has 0 aromatic carbocycles. The topological polar surface area (TPSA) is 62.7 Å². The van der Waals surface area contributed by atoms with Gasteiger partial charge in [0.1, 0.15) is 11.8 Å². The van der Waals surface area contributed by atoms with Gasteiger partial charge in [0.25, 0.3) is 5.91 Å². The molecule has 1 spiro atoms. The molecule has 3 heterocycles. The van der Waals surface area contributed by atoms with E-state index in [1.165, 1.54) is 11.1 Å². The number of pyridine rings is 1. The lowest BCUT2D eigenvalue weighted by molar-refractivity contribution is -0.150. The van der Waals surface area contributed by atoms with Gasteiger partial charge in [0.2, 0.25) is 0 Å². The predicted molar refractivity (Wildman–Crippen MR) is 89.9 cm³/mol. The predicted octanol–water partition coefficient (Wildman–Crippen LogP) is 2.20. The summed E-state index contributed by atoms with van der Waals surface area (Å²) in [6.45, 7) is 1.03. The Hall–Kier alpha value is -2.16. The number of hydrogen-bond donors (Lipinski definition) is 0. The van der Waals surface area contributed by atoms with Gasteiger partial charge in [0.15, 0.2) is 0 Å². The minimum atomic E-state index is -4.65. The number of carbonyl (C=O) groups is 2. The van der Waals surface area contributed by atoms with Gasteiger partial charge in [-0.3, -0.25) is 14.6 Å². The highest BCUT2D eigenvalue weighted by atomic mass is 19.4. The Bertz CT molecular complexity index is 728. The van der Waals surface area contributed by atoms with Crippen LogP contribution in [0.1, 0.15) is 35.3 Å². The Morgan fingerprint density at radius 3 is 2.63 bits per heavy atom. The third-order valence-electron chi connectivity index (χ3n) is 5.22. The largest absolute Gasteiger partial charge is 0.461 e. The van der Waals surface area contributed by atoms with Crippen molar-refractivity contribution in [1.29, 1.82) is 0 Å². The van der Waals surface area contributed by atoms with Crippen LogP contribution in [0.2, 0.25) is 0 Å². The van der Waals surface area contributed by atoms with E-state index in [9.17, 15) is 22.8 Å². The van der Waals surface area contributed by atoms with Crippen LogP contribution in [0.15, 0.2) is 18.3 Å². The Morgan fingerprint density at radius 1 is 1.37 bits per heavy atom. The van der Waals surface area contributed by atoms with Gasteiger partial charge < -0.3 is 14.5 Å². The van der Waals surface area contributed by atoms with Crippen molar-refractivity contribution in [1.82, 2.24) is 14.8 Å². The maximum absolute atomic E-state index is 13.1. The summed E-state index contributed by atoms with van der Waals surface area (Å²) in [5.41, 5.74) is -2.28. The van der Waals surface area contributed by atoms with Crippen molar-refractivity contribution in [2.45, 2.75) is 31.5 Å². The second-order valence-corrected chi connectivity index (χ2v) is 7.46. The second-order valence-electron chi connectivity index (χ2n) is 7.46. The van der Waals surface area contributed by atoms with Crippen LogP contribution in [0.3, 0.4) is 0 Å². The molecule has 27 heavy (non-hydrogen) atoms. The molecule has 1 aromatic rings. The molecule has 0 aliphatic carbocycles.